The van der Waals surface area contributed by atoms with Crippen LogP contribution in [0.25, 0.3) is 11.5 Å². The van der Waals surface area contributed by atoms with Crippen molar-refractivity contribution in [1.29, 1.82) is 0 Å². The first-order chi connectivity index (χ1) is 15.8. The van der Waals surface area contributed by atoms with Crippen molar-refractivity contribution in [2.75, 3.05) is 6.61 Å². The van der Waals surface area contributed by atoms with Gasteiger partial charge < -0.3 is 23.7 Å². The Morgan fingerprint density at radius 1 is 1.15 bits per heavy atom. The number of hydrogen-bond donors (Lipinski definition) is 1. The molecule has 176 valence electrons. The van der Waals surface area contributed by atoms with Crippen molar-refractivity contribution >= 4 is 5.78 Å². The standard InChI is InChI=1S/C24H25F2NO6/c1-4-30-22-17(6-5-7-19(22)29)18(28)10-9-16-13-31-23(27-16)15-8-11-20(33-24(25)26)21(12-15)32-14(2)3/h5-8,11-14,24,29H,4,9-10H2,1-3H3. The van der Waals surface area contributed by atoms with E-state index in [1.807, 2.05) is 0 Å². The normalized spacial score (nSPS) is 11.1. The van der Waals surface area contributed by atoms with Crippen molar-refractivity contribution in [3.05, 3.63) is 53.9 Å². The maximum atomic E-state index is 12.7. The Morgan fingerprint density at radius 2 is 1.94 bits per heavy atom. The summed E-state index contributed by atoms with van der Waals surface area (Å²) >= 11 is 0. The SMILES string of the molecule is CCOc1c(O)cccc1C(=O)CCc1coc(-c2ccc(OC(F)F)c(OC(C)C)c2)n1. The van der Waals surface area contributed by atoms with Crippen molar-refractivity contribution in [1.82, 2.24) is 4.98 Å². The van der Waals surface area contributed by atoms with E-state index in [1.54, 1.807) is 32.9 Å². The zero-order valence-corrected chi connectivity index (χ0v) is 18.5. The van der Waals surface area contributed by atoms with Crippen LogP contribution in [0.5, 0.6) is 23.0 Å². The molecule has 1 heterocycles. The van der Waals surface area contributed by atoms with E-state index in [9.17, 15) is 18.7 Å². The minimum atomic E-state index is -2.98. The van der Waals surface area contributed by atoms with E-state index in [0.717, 1.165) is 0 Å². The Kier molecular flexibility index (Phi) is 7.87. The molecular formula is C24H25F2NO6. The van der Waals surface area contributed by atoms with Crippen LogP contribution in [-0.4, -0.2) is 35.2 Å². The Labute approximate surface area is 189 Å². The lowest BCUT2D eigenvalue weighted by molar-refractivity contribution is -0.0518. The van der Waals surface area contributed by atoms with E-state index < -0.39 is 6.61 Å². The van der Waals surface area contributed by atoms with E-state index in [4.69, 9.17) is 13.9 Å². The molecule has 3 aromatic rings. The molecule has 0 aliphatic carbocycles. The van der Waals surface area contributed by atoms with Crippen LogP contribution < -0.4 is 14.2 Å². The van der Waals surface area contributed by atoms with Crippen LogP contribution in [0.15, 0.2) is 47.1 Å². The van der Waals surface area contributed by atoms with Crippen molar-refractivity contribution in [2.24, 2.45) is 0 Å². The molecule has 0 saturated heterocycles. The first kappa shape index (κ1) is 24.0. The summed E-state index contributed by atoms with van der Waals surface area (Å²) in [5.41, 5.74) is 1.35. The third-order valence-electron chi connectivity index (χ3n) is 4.51. The number of ether oxygens (including phenoxy) is 3. The quantitative estimate of drug-likeness (QED) is 0.369. The number of benzene rings is 2. The summed E-state index contributed by atoms with van der Waals surface area (Å²) in [5.74, 6) is 0.169. The van der Waals surface area contributed by atoms with E-state index in [0.29, 0.717) is 29.8 Å². The third-order valence-corrected chi connectivity index (χ3v) is 4.51. The van der Waals surface area contributed by atoms with E-state index >= 15 is 0 Å². The average molecular weight is 461 g/mol. The van der Waals surface area contributed by atoms with Gasteiger partial charge in [-0.2, -0.15) is 8.78 Å². The van der Waals surface area contributed by atoms with Gasteiger partial charge in [-0.05, 0) is 51.1 Å². The van der Waals surface area contributed by atoms with Gasteiger partial charge in [-0.3, -0.25) is 4.79 Å². The molecule has 0 spiro atoms. The highest BCUT2D eigenvalue weighted by Gasteiger charge is 2.18. The number of Topliss-reactive ketones (excluding diaryl/α,β-unsaturated/α-hetero) is 1. The molecule has 0 radical (unpaired) electrons. The number of para-hydroxylation sites is 1. The molecular weight excluding hydrogens is 436 g/mol. The number of aromatic hydroxyl groups is 1. The highest BCUT2D eigenvalue weighted by atomic mass is 19.3. The molecule has 0 atom stereocenters. The zero-order chi connectivity index (χ0) is 24.0. The number of alkyl halides is 2. The van der Waals surface area contributed by atoms with Crippen molar-refractivity contribution in [3.8, 4) is 34.5 Å². The van der Waals surface area contributed by atoms with Crippen LogP contribution in [0.2, 0.25) is 0 Å². The molecule has 7 nitrogen and oxygen atoms in total. The van der Waals surface area contributed by atoms with Gasteiger partial charge in [0.05, 0.1) is 24.0 Å². The molecule has 1 aromatic heterocycles. The minimum absolute atomic E-state index is 0.0870. The van der Waals surface area contributed by atoms with Gasteiger partial charge in [0.15, 0.2) is 28.8 Å². The second kappa shape index (κ2) is 10.8. The molecule has 1 N–H and O–H groups in total. The molecule has 0 fully saturated rings. The van der Waals surface area contributed by atoms with Crippen molar-refractivity contribution in [3.63, 3.8) is 0 Å². The fourth-order valence-electron chi connectivity index (χ4n) is 3.15. The number of hydrogen-bond acceptors (Lipinski definition) is 7. The number of nitrogens with zero attached hydrogens (tertiary/aromatic N) is 1. The number of aryl methyl sites for hydroxylation is 1. The summed E-state index contributed by atoms with van der Waals surface area (Å²) in [6, 6.07) is 9.05. The van der Waals surface area contributed by atoms with Gasteiger partial charge in [-0.15, -0.1) is 0 Å². The lowest BCUT2D eigenvalue weighted by Gasteiger charge is -2.15. The molecule has 0 unspecified atom stereocenters. The third kappa shape index (κ3) is 6.21. The molecule has 0 bridgehead atoms. The number of phenols is 1. The fraction of sp³-hybridized carbons (Fsp3) is 0.333. The first-order valence-electron chi connectivity index (χ1n) is 10.5. The Hall–Kier alpha value is -3.62. The van der Waals surface area contributed by atoms with Crippen molar-refractivity contribution in [2.45, 2.75) is 46.3 Å². The van der Waals surface area contributed by atoms with Crippen molar-refractivity contribution < 1.29 is 37.3 Å². The van der Waals surface area contributed by atoms with Gasteiger partial charge in [-0.25, -0.2) is 4.98 Å². The van der Waals surface area contributed by atoms with Gasteiger partial charge >= 0.3 is 6.61 Å². The molecule has 0 saturated carbocycles. The second-order valence-corrected chi connectivity index (χ2v) is 7.36. The van der Waals surface area contributed by atoms with E-state index in [1.165, 1.54) is 30.5 Å². The number of phenolic OH excluding ortho intramolecular Hbond substituents is 1. The summed E-state index contributed by atoms with van der Waals surface area (Å²) < 4.78 is 46.3. The van der Waals surface area contributed by atoms with Crippen LogP contribution in [0.1, 0.15) is 43.2 Å². The molecule has 3 rings (SSSR count). The topological polar surface area (TPSA) is 91.0 Å². The highest BCUT2D eigenvalue weighted by molar-refractivity contribution is 5.99. The Balaban J connectivity index is 1.74. The monoisotopic (exact) mass is 461 g/mol. The van der Waals surface area contributed by atoms with Gasteiger partial charge in [0.2, 0.25) is 5.89 Å². The van der Waals surface area contributed by atoms with E-state index in [-0.39, 0.29) is 47.2 Å². The van der Waals surface area contributed by atoms with Crippen LogP contribution in [-0.2, 0) is 6.42 Å². The predicted molar refractivity (Wildman–Crippen MR) is 116 cm³/mol. The number of rotatable bonds is 11. The number of halogens is 2. The van der Waals surface area contributed by atoms with Crippen LogP contribution in [0.3, 0.4) is 0 Å². The second-order valence-electron chi connectivity index (χ2n) is 7.36. The maximum Gasteiger partial charge on any atom is 0.387 e. The highest BCUT2D eigenvalue weighted by Crippen LogP contribution is 2.35. The summed E-state index contributed by atoms with van der Waals surface area (Å²) in [6.07, 6.45) is 1.59. The Morgan fingerprint density at radius 3 is 2.64 bits per heavy atom. The lowest BCUT2D eigenvalue weighted by Crippen LogP contribution is -2.09. The molecule has 0 amide bonds. The minimum Gasteiger partial charge on any atom is -0.504 e. The number of oxazole rings is 1. The number of carbonyl (C=O) groups is 1. The predicted octanol–water partition coefficient (Wildman–Crippen LogP) is 5.65. The maximum absolute atomic E-state index is 12.7. The van der Waals surface area contributed by atoms with Gasteiger partial charge in [0, 0.05) is 18.4 Å². The molecule has 33 heavy (non-hydrogen) atoms. The van der Waals surface area contributed by atoms with Crippen LogP contribution in [0, 0.1) is 0 Å². The zero-order valence-electron chi connectivity index (χ0n) is 18.5. The number of ketones is 1. The van der Waals surface area contributed by atoms with Gasteiger partial charge in [0.1, 0.15) is 6.26 Å². The summed E-state index contributed by atoms with van der Waals surface area (Å²) in [5, 5.41) is 9.97. The summed E-state index contributed by atoms with van der Waals surface area (Å²) in [6.45, 7) is 2.63. The van der Waals surface area contributed by atoms with Gasteiger partial charge in [-0.1, -0.05) is 6.07 Å². The lowest BCUT2D eigenvalue weighted by atomic mass is 10.0. The molecule has 9 heteroatoms. The smallest absolute Gasteiger partial charge is 0.387 e. The summed E-state index contributed by atoms with van der Waals surface area (Å²) in [4.78, 5) is 17.1. The largest absolute Gasteiger partial charge is 0.504 e. The van der Waals surface area contributed by atoms with Gasteiger partial charge in [0.25, 0.3) is 0 Å². The fourth-order valence-corrected chi connectivity index (χ4v) is 3.15. The first-order valence-corrected chi connectivity index (χ1v) is 10.5. The van der Waals surface area contributed by atoms with Crippen LogP contribution in [0.4, 0.5) is 8.78 Å². The molecule has 0 aliphatic heterocycles. The summed E-state index contributed by atoms with van der Waals surface area (Å²) in [7, 11) is 0. The van der Waals surface area contributed by atoms with Crippen LogP contribution >= 0.6 is 0 Å². The average Bonchev–Trinajstić information content (AvgIpc) is 3.23. The Bertz CT molecular complexity index is 1100. The number of aromatic nitrogens is 1. The number of carbonyl (C=O) groups excluding carboxylic acids is 1. The van der Waals surface area contributed by atoms with E-state index in [2.05, 4.69) is 9.72 Å². The molecule has 2 aromatic carbocycles. The molecule has 0 aliphatic rings.